The Kier molecular flexibility index (Phi) is 5.23. The van der Waals surface area contributed by atoms with Crippen LogP contribution in [0.1, 0.15) is 44.2 Å². The lowest BCUT2D eigenvalue weighted by atomic mass is 9.97. The van der Waals surface area contributed by atoms with Crippen LogP contribution in [0, 0.1) is 24.0 Å². The average molecular weight is 320 g/mol. The molecule has 23 heavy (non-hydrogen) atoms. The number of piperidine rings is 1. The van der Waals surface area contributed by atoms with Gasteiger partial charge in [0.05, 0.1) is 10.5 Å². The van der Waals surface area contributed by atoms with Crippen molar-refractivity contribution in [2.24, 2.45) is 0 Å². The number of amides is 1. The zero-order chi connectivity index (χ0) is 17.1. The van der Waals surface area contributed by atoms with Crippen molar-refractivity contribution in [3.05, 3.63) is 33.4 Å². The highest BCUT2D eigenvalue weighted by molar-refractivity contribution is 5.78. The summed E-state index contributed by atoms with van der Waals surface area (Å²) < 4.78 is 5.67. The lowest BCUT2D eigenvalue weighted by Gasteiger charge is -2.39. The molecule has 6 heteroatoms. The zero-order valence-electron chi connectivity index (χ0n) is 14.2. The van der Waals surface area contributed by atoms with E-state index in [1.165, 1.54) is 6.07 Å². The zero-order valence-corrected chi connectivity index (χ0v) is 14.2. The van der Waals surface area contributed by atoms with Crippen LogP contribution in [0.25, 0.3) is 0 Å². The van der Waals surface area contributed by atoms with E-state index in [4.69, 9.17) is 4.74 Å². The summed E-state index contributed by atoms with van der Waals surface area (Å²) >= 11 is 0. The number of nitro benzene ring substituents is 1. The van der Waals surface area contributed by atoms with Crippen LogP contribution in [0.3, 0.4) is 0 Å². The fourth-order valence-electron chi connectivity index (χ4n) is 3.36. The van der Waals surface area contributed by atoms with Crippen molar-refractivity contribution in [1.82, 2.24) is 4.90 Å². The molecule has 0 saturated carbocycles. The Balaban J connectivity index is 2.13. The molecule has 2 atom stereocenters. The molecule has 0 spiro atoms. The molecule has 0 aromatic heterocycles. The molecule has 1 heterocycles. The highest BCUT2D eigenvalue weighted by atomic mass is 16.6. The Morgan fingerprint density at radius 1 is 1.30 bits per heavy atom. The molecule has 2 unspecified atom stereocenters. The summed E-state index contributed by atoms with van der Waals surface area (Å²) in [5.41, 5.74) is 1.26. The van der Waals surface area contributed by atoms with Crippen LogP contribution in [0.4, 0.5) is 5.69 Å². The van der Waals surface area contributed by atoms with Gasteiger partial charge >= 0.3 is 0 Å². The fourth-order valence-corrected chi connectivity index (χ4v) is 3.36. The van der Waals surface area contributed by atoms with Crippen LogP contribution in [0.2, 0.25) is 0 Å². The standard InChI is InChI=1S/C17H24N2O4/c1-11-8-9-15(19(21)22)14(4)17(11)23-10-16(20)18-12(2)6-5-7-13(18)3/h8-9,12-13H,5-7,10H2,1-4H3. The number of rotatable bonds is 4. The second-order valence-corrected chi connectivity index (χ2v) is 6.33. The van der Waals surface area contributed by atoms with Crippen molar-refractivity contribution < 1.29 is 14.5 Å². The van der Waals surface area contributed by atoms with E-state index >= 15 is 0 Å². The Bertz CT molecular complexity index is 605. The van der Waals surface area contributed by atoms with E-state index in [0.29, 0.717) is 11.3 Å². The second-order valence-electron chi connectivity index (χ2n) is 6.33. The van der Waals surface area contributed by atoms with E-state index in [1.54, 1.807) is 13.0 Å². The van der Waals surface area contributed by atoms with Crippen molar-refractivity contribution in [3.63, 3.8) is 0 Å². The van der Waals surface area contributed by atoms with Gasteiger partial charge in [-0.2, -0.15) is 0 Å². The monoisotopic (exact) mass is 320 g/mol. The van der Waals surface area contributed by atoms with Crippen molar-refractivity contribution in [2.45, 2.75) is 59.0 Å². The summed E-state index contributed by atoms with van der Waals surface area (Å²) in [5.74, 6) is 0.375. The quantitative estimate of drug-likeness (QED) is 0.630. The molecular formula is C17H24N2O4. The number of nitro groups is 1. The molecule has 1 aromatic carbocycles. The third kappa shape index (κ3) is 3.63. The minimum Gasteiger partial charge on any atom is -0.483 e. The molecule has 1 saturated heterocycles. The van der Waals surface area contributed by atoms with Gasteiger partial charge in [-0.1, -0.05) is 0 Å². The maximum Gasteiger partial charge on any atom is 0.276 e. The van der Waals surface area contributed by atoms with Crippen molar-refractivity contribution in [1.29, 1.82) is 0 Å². The van der Waals surface area contributed by atoms with Crippen LogP contribution in [-0.2, 0) is 4.79 Å². The van der Waals surface area contributed by atoms with Gasteiger partial charge in [0.15, 0.2) is 6.61 Å². The Labute approximate surface area is 136 Å². The first-order chi connectivity index (χ1) is 10.8. The maximum absolute atomic E-state index is 12.5. The highest BCUT2D eigenvalue weighted by Crippen LogP contribution is 2.31. The molecule has 0 radical (unpaired) electrons. The number of likely N-dealkylation sites (tertiary alicyclic amines) is 1. The van der Waals surface area contributed by atoms with Gasteiger partial charge in [0.1, 0.15) is 5.75 Å². The molecule has 1 aromatic rings. The molecule has 0 bridgehead atoms. The maximum atomic E-state index is 12.5. The number of benzene rings is 1. The highest BCUT2D eigenvalue weighted by Gasteiger charge is 2.29. The molecule has 1 amide bonds. The number of aryl methyl sites for hydroxylation is 1. The van der Waals surface area contributed by atoms with Crippen LogP contribution in [0.5, 0.6) is 5.75 Å². The fraction of sp³-hybridized carbons (Fsp3) is 0.588. The van der Waals surface area contributed by atoms with E-state index in [-0.39, 0.29) is 30.3 Å². The van der Waals surface area contributed by atoms with Crippen molar-refractivity contribution in [3.8, 4) is 5.75 Å². The number of nitrogens with zero attached hydrogens (tertiary/aromatic N) is 2. The predicted octanol–water partition coefficient (Wildman–Crippen LogP) is 3.38. The van der Waals surface area contributed by atoms with E-state index in [2.05, 4.69) is 13.8 Å². The molecule has 1 fully saturated rings. The number of ether oxygens (including phenoxy) is 1. The molecule has 0 N–H and O–H groups in total. The van der Waals surface area contributed by atoms with Crippen LogP contribution >= 0.6 is 0 Å². The molecule has 1 aliphatic rings. The van der Waals surface area contributed by atoms with Gasteiger partial charge in [-0.05, 0) is 58.6 Å². The first kappa shape index (κ1) is 17.2. The van der Waals surface area contributed by atoms with E-state index in [9.17, 15) is 14.9 Å². The van der Waals surface area contributed by atoms with E-state index in [0.717, 1.165) is 24.8 Å². The number of carbonyl (C=O) groups is 1. The normalized spacial score (nSPS) is 21.1. The van der Waals surface area contributed by atoms with Crippen molar-refractivity contribution >= 4 is 11.6 Å². The van der Waals surface area contributed by atoms with Gasteiger partial charge in [-0.25, -0.2) is 0 Å². The van der Waals surface area contributed by atoms with E-state index < -0.39 is 4.92 Å². The van der Waals surface area contributed by atoms with Gasteiger partial charge < -0.3 is 9.64 Å². The molecule has 0 aliphatic carbocycles. The molecule has 126 valence electrons. The summed E-state index contributed by atoms with van der Waals surface area (Å²) in [6.07, 6.45) is 3.14. The summed E-state index contributed by atoms with van der Waals surface area (Å²) in [6, 6.07) is 3.54. The molecular weight excluding hydrogens is 296 g/mol. The van der Waals surface area contributed by atoms with Gasteiger partial charge in [0.25, 0.3) is 11.6 Å². The summed E-state index contributed by atoms with van der Waals surface area (Å²) in [5, 5.41) is 11.0. The lowest BCUT2D eigenvalue weighted by molar-refractivity contribution is -0.385. The van der Waals surface area contributed by atoms with Crippen LogP contribution in [0.15, 0.2) is 12.1 Å². The number of hydrogen-bond donors (Lipinski definition) is 0. The number of hydrogen-bond acceptors (Lipinski definition) is 4. The van der Waals surface area contributed by atoms with Gasteiger partial charge in [-0.15, -0.1) is 0 Å². The second kappa shape index (κ2) is 6.98. The third-order valence-electron chi connectivity index (χ3n) is 4.59. The topological polar surface area (TPSA) is 72.7 Å². The largest absolute Gasteiger partial charge is 0.483 e. The minimum absolute atomic E-state index is 0.0118. The summed E-state index contributed by atoms with van der Waals surface area (Å²) in [4.78, 5) is 25.0. The Morgan fingerprint density at radius 2 is 1.91 bits per heavy atom. The van der Waals surface area contributed by atoms with E-state index in [1.807, 2.05) is 11.8 Å². The van der Waals surface area contributed by atoms with Crippen LogP contribution < -0.4 is 4.74 Å². The molecule has 2 rings (SSSR count). The predicted molar refractivity (Wildman–Crippen MR) is 87.7 cm³/mol. The van der Waals surface area contributed by atoms with Gasteiger partial charge in [0, 0.05) is 18.2 Å². The Morgan fingerprint density at radius 3 is 2.48 bits per heavy atom. The molecule has 6 nitrogen and oxygen atoms in total. The third-order valence-corrected chi connectivity index (χ3v) is 4.59. The van der Waals surface area contributed by atoms with Gasteiger partial charge in [-0.3, -0.25) is 14.9 Å². The Hall–Kier alpha value is -2.11. The van der Waals surface area contributed by atoms with Gasteiger partial charge in [0.2, 0.25) is 0 Å². The number of carbonyl (C=O) groups excluding carboxylic acids is 1. The smallest absolute Gasteiger partial charge is 0.276 e. The summed E-state index contributed by atoms with van der Waals surface area (Å²) in [6.45, 7) is 7.49. The summed E-state index contributed by atoms with van der Waals surface area (Å²) in [7, 11) is 0. The SMILES string of the molecule is Cc1ccc([N+](=O)[O-])c(C)c1OCC(=O)N1C(C)CCCC1C. The van der Waals surface area contributed by atoms with Crippen LogP contribution in [-0.4, -0.2) is 34.4 Å². The average Bonchev–Trinajstić information content (AvgIpc) is 2.46. The first-order valence-corrected chi connectivity index (χ1v) is 8.01. The minimum atomic E-state index is -0.432. The lowest BCUT2D eigenvalue weighted by Crippen LogP contribution is -2.49. The molecule has 1 aliphatic heterocycles. The first-order valence-electron chi connectivity index (χ1n) is 8.01. The van der Waals surface area contributed by atoms with Crippen molar-refractivity contribution in [2.75, 3.05) is 6.61 Å².